The average molecular weight is 397 g/mol. The number of rotatable bonds is 10. The van der Waals surface area contributed by atoms with Crippen molar-refractivity contribution in [3.05, 3.63) is 60.4 Å². The first-order valence-corrected chi connectivity index (χ1v) is 10.2. The van der Waals surface area contributed by atoms with E-state index >= 15 is 0 Å². The van der Waals surface area contributed by atoms with E-state index in [4.69, 9.17) is 0 Å². The molecule has 1 heterocycles. The Morgan fingerprint density at radius 2 is 1.83 bits per heavy atom. The molecule has 0 radical (unpaired) electrons. The molecular weight excluding hydrogens is 364 g/mol. The maximum atomic E-state index is 12.2. The van der Waals surface area contributed by atoms with E-state index in [9.17, 15) is 4.79 Å². The first kappa shape index (κ1) is 22.4. The molecule has 0 saturated carbocycles. The summed E-state index contributed by atoms with van der Waals surface area (Å²) < 4.78 is 0. The SMILES string of the molecule is CCNC(=NCC(=O)Nc1cccnc1)NCC(c1ccccc1)N(CC)CC. The van der Waals surface area contributed by atoms with Gasteiger partial charge in [-0.25, -0.2) is 4.99 Å². The molecule has 0 aliphatic heterocycles. The van der Waals surface area contributed by atoms with E-state index in [1.807, 2.05) is 13.0 Å². The van der Waals surface area contributed by atoms with Crippen LogP contribution in [0.4, 0.5) is 5.69 Å². The zero-order valence-electron chi connectivity index (χ0n) is 17.6. The van der Waals surface area contributed by atoms with Gasteiger partial charge >= 0.3 is 0 Å². The molecule has 1 amide bonds. The molecule has 156 valence electrons. The summed E-state index contributed by atoms with van der Waals surface area (Å²) in [5.74, 6) is 0.445. The molecule has 1 aromatic carbocycles. The predicted molar refractivity (Wildman–Crippen MR) is 119 cm³/mol. The zero-order valence-corrected chi connectivity index (χ0v) is 17.6. The summed E-state index contributed by atoms with van der Waals surface area (Å²) >= 11 is 0. The molecule has 2 rings (SSSR count). The molecule has 7 heteroatoms. The van der Waals surface area contributed by atoms with Crippen molar-refractivity contribution >= 4 is 17.6 Å². The molecule has 1 aromatic heterocycles. The number of likely N-dealkylation sites (N-methyl/N-ethyl adjacent to an activating group) is 1. The van der Waals surface area contributed by atoms with E-state index in [0.717, 1.165) is 19.6 Å². The van der Waals surface area contributed by atoms with Crippen LogP contribution in [0.15, 0.2) is 59.9 Å². The third-order valence-corrected chi connectivity index (χ3v) is 4.57. The number of hydrogen-bond donors (Lipinski definition) is 3. The molecule has 0 saturated heterocycles. The molecule has 3 N–H and O–H groups in total. The Bertz CT molecular complexity index is 746. The van der Waals surface area contributed by atoms with Crippen molar-refractivity contribution in [2.45, 2.75) is 26.8 Å². The highest BCUT2D eigenvalue weighted by atomic mass is 16.1. The largest absolute Gasteiger partial charge is 0.357 e. The van der Waals surface area contributed by atoms with E-state index in [-0.39, 0.29) is 18.5 Å². The van der Waals surface area contributed by atoms with Gasteiger partial charge < -0.3 is 16.0 Å². The average Bonchev–Trinajstić information content (AvgIpc) is 2.76. The highest BCUT2D eigenvalue weighted by Crippen LogP contribution is 2.19. The number of pyridine rings is 1. The number of guanidine groups is 1. The minimum Gasteiger partial charge on any atom is -0.357 e. The van der Waals surface area contributed by atoms with Gasteiger partial charge in [0, 0.05) is 19.3 Å². The molecule has 29 heavy (non-hydrogen) atoms. The van der Waals surface area contributed by atoms with E-state index in [0.29, 0.717) is 18.2 Å². The number of nitrogens with zero attached hydrogens (tertiary/aromatic N) is 3. The minimum absolute atomic E-state index is 0.0332. The molecule has 0 aliphatic carbocycles. The smallest absolute Gasteiger partial charge is 0.246 e. The van der Waals surface area contributed by atoms with Crippen molar-refractivity contribution in [2.75, 3.05) is 38.0 Å². The normalized spacial score (nSPS) is 12.5. The van der Waals surface area contributed by atoms with Gasteiger partial charge in [0.1, 0.15) is 6.54 Å². The van der Waals surface area contributed by atoms with Crippen LogP contribution in [-0.2, 0) is 4.79 Å². The van der Waals surface area contributed by atoms with Crippen LogP contribution in [-0.4, -0.2) is 54.5 Å². The zero-order chi connectivity index (χ0) is 20.9. The molecule has 0 bridgehead atoms. The lowest BCUT2D eigenvalue weighted by molar-refractivity contribution is -0.114. The number of aromatic nitrogens is 1. The van der Waals surface area contributed by atoms with Crippen molar-refractivity contribution < 1.29 is 4.79 Å². The lowest BCUT2D eigenvalue weighted by atomic mass is 10.1. The van der Waals surface area contributed by atoms with Crippen LogP contribution in [0, 0.1) is 0 Å². The summed E-state index contributed by atoms with van der Waals surface area (Å²) in [6, 6.07) is 14.3. The molecule has 0 spiro atoms. The van der Waals surface area contributed by atoms with Gasteiger partial charge in [-0.1, -0.05) is 44.2 Å². The summed E-state index contributed by atoms with van der Waals surface area (Å²) in [6.45, 7) is 9.71. The Morgan fingerprint density at radius 3 is 2.45 bits per heavy atom. The Hall–Kier alpha value is -2.93. The molecular formula is C22H32N6O. The third kappa shape index (κ3) is 7.54. The second kappa shape index (κ2) is 12.5. The fraction of sp³-hybridized carbons (Fsp3) is 0.409. The highest BCUT2D eigenvalue weighted by molar-refractivity contribution is 5.93. The number of carbonyl (C=O) groups is 1. The predicted octanol–water partition coefficient (Wildman–Crippen LogP) is 2.66. The van der Waals surface area contributed by atoms with Crippen LogP contribution in [0.1, 0.15) is 32.4 Å². The number of amides is 1. The molecule has 0 aliphatic rings. The van der Waals surface area contributed by atoms with Crippen molar-refractivity contribution in [1.29, 1.82) is 0 Å². The van der Waals surface area contributed by atoms with Gasteiger partial charge in [0.2, 0.25) is 5.91 Å². The second-order valence-corrected chi connectivity index (χ2v) is 6.51. The van der Waals surface area contributed by atoms with Crippen LogP contribution >= 0.6 is 0 Å². The lowest BCUT2D eigenvalue weighted by Gasteiger charge is -2.30. The Kier molecular flexibility index (Phi) is 9.65. The van der Waals surface area contributed by atoms with E-state index in [2.05, 4.69) is 68.9 Å². The maximum Gasteiger partial charge on any atom is 0.246 e. The lowest BCUT2D eigenvalue weighted by Crippen LogP contribution is -2.43. The number of carbonyl (C=O) groups excluding carboxylic acids is 1. The second-order valence-electron chi connectivity index (χ2n) is 6.51. The van der Waals surface area contributed by atoms with Crippen molar-refractivity contribution in [1.82, 2.24) is 20.5 Å². The molecule has 1 unspecified atom stereocenters. The van der Waals surface area contributed by atoms with E-state index in [1.165, 1.54) is 5.56 Å². The Balaban J connectivity index is 2.01. The monoisotopic (exact) mass is 396 g/mol. The van der Waals surface area contributed by atoms with Crippen LogP contribution in [0.2, 0.25) is 0 Å². The Labute approximate surface area is 173 Å². The van der Waals surface area contributed by atoms with Gasteiger partial charge in [-0.3, -0.25) is 14.7 Å². The van der Waals surface area contributed by atoms with Crippen LogP contribution in [0.5, 0.6) is 0 Å². The highest BCUT2D eigenvalue weighted by Gasteiger charge is 2.18. The standard InChI is InChI=1S/C22H32N6O/c1-4-24-22(26-17-21(29)27-19-13-10-14-23-15-19)25-16-20(28(5-2)6-3)18-11-8-7-9-12-18/h7-15,20H,4-6,16-17H2,1-3H3,(H,27,29)(H2,24,25,26). The van der Waals surface area contributed by atoms with Gasteiger partial charge in [0.15, 0.2) is 5.96 Å². The van der Waals surface area contributed by atoms with Gasteiger partial charge in [0.25, 0.3) is 0 Å². The van der Waals surface area contributed by atoms with Crippen LogP contribution < -0.4 is 16.0 Å². The molecule has 0 fully saturated rings. The number of anilines is 1. The quantitative estimate of drug-likeness (QED) is 0.425. The van der Waals surface area contributed by atoms with Gasteiger partial charge in [-0.2, -0.15) is 0 Å². The topological polar surface area (TPSA) is 81.6 Å². The van der Waals surface area contributed by atoms with Crippen molar-refractivity contribution in [3.63, 3.8) is 0 Å². The van der Waals surface area contributed by atoms with Gasteiger partial charge in [-0.05, 0) is 37.7 Å². The van der Waals surface area contributed by atoms with E-state index < -0.39 is 0 Å². The summed E-state index contributed by atoms with van der Waals surface area (Å²) in [6.07, 6.45) is 3.28. The summed E-state index contributed by atoms with van der Waals surface area (Å²) in [5.41, 5.74) is 1.92. The first-order chi connectivity index (χ1) is 14.2. The van der Waals surface area contributed by atoms with Crippen LogP contribution in [0.3, 0.4) is 0 Å². The first-order valence-electron chi connectivity index (χ1n) is 10.2. The van der Waals surface area contributed by atoms with Gasteiger partial charge in [0.05, 0.1) is 17.9 Å². The van der Waals surface area contributed by atoms with Crippen LogP contribution in [0.25, 0.3) is 0 Å². The van der Waals surface area contributed by atoms with E-state index in [1.54, 1.807) is 24.5 Å². The number of nitrogens with one attached hydrogen (secondary N) is 3. The number of hydrogen-bond acceptors (Lipinski definition) is 4. The minimum atomic E-state index is -0.182. The third-order valence-electron chi connectivity index (χ3n) is 4.57. The fourth-order valence-corrected chi connectivity index (χ4v) is 3.12. The van der Waals surface area contributed by atoms with Gasteiger partial charge in [-0.15, -0.1) is 0 Å². The van der Waals surface area contributed by atoms with Crippen molar-refractivity contribution in [2.24, 2.45) is 4.99 Å². The Morgan fingerprint density at radius 1 is 1.07 bits per heavy atom. The number of benzene rings is 1. The summed E-state index contributed by atoms with van der Waals surface area (Å²) in [4.78, 5) is 23.0. The maximum absolute atomic E-state index is 12.2. The molecule has 1 atom stereocenters. The van der Waals surface area contributed by atoms with Crippen molar-refractivity contribution in [3.8, 4) is 0 Å². The number of aliphatic imine (C=N–C) groups is 1. The molecule has 7 nitrogen and oxygen atoms in total. The molecule has 2 aromatic rings. The summed E-state index contributed by atoms with van der Waals surface area (Å²) in [5, 5.41) is 9.40. The summed E-state index contributed by atoms with van der Waals surface area (Å²) in [7, 11) is 0. The fourth-order valence-electron chi connectivity index (χ4n) is 3.12.